The number of para-hydroxylation sites is 2. The number of hydrogen-bond donors (Lipinski definition) is 0. The van der Waals surface area contributed by atoms with E-state index in [-0.39, 0.29) is 0 Å². The first-order valence-electron chi connectivity index (χ1n) is 23.2. The van der Waals surface area contributed by atoms with Gasteiger partial charge in [0, 0.05) is 44.3 Å². The van der Waals surface area contributed by atoms with Gasteiger partial charge in [-0.25, -0.2) is 20.1 Å². The molecule has 332 valence electrons. The van der Waals surface area contributed by atoms with Crippen LogP contribution in [0.25, 0.3) is 49.0 Å². The second kappa shape index (κ2) is 16.9. The van der Waals surface area contributed by atoms with E-state index in [0.29, 0.717) is 0 Å². The molecule has 66 heavy (non-hydrogen) atoms. The first-order valence-corrected chi connectivity index (χ1v) is 28.9. The number of hydrogen-bond acceptors (Lipinski definition) is 2. The maximum absolute atomic E-state index is 2.59. The average Bonchev–Trinajstić information content (AvgIpc) is 3.30. The van der Waals surface area contributed by atoms with Gasteiger partial charge in [0.25, 0.3) is 0 Å². The van der Waals surface area contributed by atoms with Gasteiger partial charge in [-0.15, -0.1) is 0 Å². The smallest absolute Gasteiger partial charge is 0.0551 e. The maximum Gasteiger partial charge on any atom is 0.0551 e. The molecule has 0 bridgehead atoms. The molecule has 0 spiro atoms. The van der Waals surface area contributed by atoms with Crippen molar-refractivity contribution in [3.05, 3.63) is 198 Å². The van der Waals surface area contributed by atoms with Crippen LogP contribution in [-0.4, -0.2) is 37.5 Å². The van der Waals surface area contributed by atoms with Crippen molar-refractivity contribution in [1.82, 2.24) is 0 Å². The molecule has 4 heteroatoms. The molecule has 0 saturated heterocycles. The van der Waals surface area contributed by atoms with Gasteiger partial charge < -0.3 is 9.80 Å². The minimum atomic E-state index is -1.24. The van der Waals surface area contributed by atoms with Crippen LogP contribution in [0.4, 0.5) is 34.1 Å². The van der Waals surface area contributed by atoms with E-state index in [4.69, 9.17) is 0 Å². The van der Waals surface area contributed by atoms with Crippen LogP contribution in [-0.2, 0) is 0 Å². The fourth-order valence-electron chi connectivity index (χ4n) is 10.5. The van der Waals surface area contributed by atoms with Gasteiger partial charge in [-0.1, -0.05) is 133 Å². The van der Waals surface area contributed by atoms with Gasteiger partial charge in [-0.3, -0.25) is 0 Å². The summed E-state index contributed by atoms with van der Waals surface area (Å²) in [4.78, 5) is 8.04. The Morgan fingerprint density at radius 3 is 1.30 bits per heavy atom. The van der Waals surface area contributed by atoms with E-state index >= 15 is 0 Å². The topological polar surface area (TPSA) is 6.48 Å². The van der Waals surface area contributed by atoms with Crippen molar-refractivity contribution >= 4 is 92.1 Å². The number of anilines is 6. The first kappa shape index (κ1) is 43.7. The highest BCUT2D eigenvalue weighted by molar-refractivity contribution is 8.32. The fourth-order valence-corrected chi connectivity index (χ4v) is 13.1. The Balaban J connectivity index is 1.35. The molecule has 0 amide bonds. The Kier molecular flexibility index (Phi) is 11.2. The summed E-state index contributed by atoms with van der Waals surface area (Å²) in [7, 11) is -2.48. The van der Waals surface area contributed by atoms with Crippen molar-refractivity contribution in [3.8, 4) is 11.1 Å². The van der Waals surface area contributed by atoms with Crippen molar-refractivity contribution in [1.29, 1.82) is 0 Å². The summed E-state index contributed by atoms with van der Waals surface area (Å²) in [5, 5.41) is 7.98. The largest absolute Gasteiger partial charge is 0.309 e. The summed E-state index contributed by atoms with van der Waals surface area (Å²) in [6.07, 6.45) is 24.0. The second-order valence-corrected chi connectivity index (χ2v) is 27.9. The van der Waals surface area contributed by atoms with E-state index in [9.17, 15) is 0 Å². The molecule has 1 aliphatic carbocycles. The summed E-state index contributed by atoms with van der Waals surface area (Å²) in [5.74, 6) is 0. The van der Waals surface area contributed by atoms with Crippen molar-refractivity contribution in [2.45, 2.75) is 50.3 Å². The molecule has 10 rings (SSSR count). The van der Waals surface area contributed by atoms with E-state index < -0.39 is 20.1 Å². The first-order chi connectivity index (χ1) is 31.7. The molecule has 0 aliphatic heterocycles. The molecule has 0 fully saturated rings. The van der Waals surface area contributed by atoms with Crippen LogP contribution in [0.15, 0.2) is 180 Å². The maximum atomic E-state index is 2.59. The summed E-state index contributed by atoms with van der Waals surface area (Å²) >= 11 is 0. The number of aryl methyl sites for hydroxylation is 2. The van der Waals surface area contributed by atoms with Gasteiger partial charge in [-0.05, 0) is 180 Å². The SMILES string of the molecule is Cc1ccccc1N(c1cccc(C2=CCCC=C2)c1C)c1cc(S(C)(C)C)c2ccc3c(N(c4ccccc4C)c4cccc(-c5ccccc5)c4C)cc(S(C)(C)C)c4ccc1c2c34. The molecule has 0 saturated carbocycles. The summed E-state index contributed by atoms with van der Waals surface area (Å²) < 4.78 is 0. The highest BCUT2D eigenvalue weighted by Crippen LogP contribution is 2.59. The van der Waals surface area contributed by atoms with Crippen molar-refractivity contribution in [3.63, 3.8) is 0 Å². The Labute approximate surface area is 396 Å². The van der Waals surface area contributed by atoms with Crippen molar-refractivity contribution < 1.29 is 0 Å². The average molecular weight is 899 g/mol. The van der Waals surface area contributed by atoms with Crippen LogP contribution in [0.5, 0.6) is 0 Å². The minimum Gasteiger partial charge on any atom is -0.309 e. The van der Waals surface area contributed by atoms with Crippen LogP contribution in [0.3, 0.4) is 0 Å². The lowest BCUT2D eigenvalue weighted by Gasteiger charge is -2.36. The number of rotatable bonds is 10. The number of nitrogens with zero attached hydrogens (tertiary/aromatic N) is 2. The zero-order valence-electron chi connectivity index (χ0n) is 40.3. The normalized spacial score (nSPS) is 13.7. The molecule has 0 N–H and O–H groups in total. The van der Waals surface area contributed by atoms with E-state index in [1.807, 2.05) is 0 Å². The van der Waals surface area contributed by atoms with Gasteiger partial charge in [0.2, 0.25) is 0 Å². The van der Waals surface area contributed by atoms with E-state index in [1.54, 1.807) is 0 Å². The van der Waals surface area contributed by atoms with E-state index in [0.717, 1.165) is 12.8 Å². The fraction of sp³-hybridized carbons (Fsp3) is 0.194. The summed E-state index contributed by atoms with van der Waals surface area (Å²) in [6, 6.07) is 57.4. The van der Waals surface area contributed by atoms with Gasteiger partial charge in [0.05, 0.1) is 11.4 Å². The molecule has 1 aliphatic rings. The molecule has 0 heterocycles. The zero-order chi connectivity index (χ0) is 46.1. The molecule has 0 atom stereocenters. The Hall–Kier alpha value is -6.20. The van der Waals surface area contributed by atoms with Crippen LogP contribution < -0.4 is 9.80 Å². The molecule has 9 aromatic rings. The van der Waals surface area contributed by atoms with Gasteiger partial charge in [-0.2, -0.15) is 0 Å². The molecule has 0 radical (unpaired) electrons. The van der Waals surface area contributed by atoms with E-state index in [1.165, 1.54) is 121 Å². The predicted octanol–water partition coefficient (Wildman–Crippen LogP) is 18.3. The Bertz CT molecular complexity index is 3380. The van der Waals surface area contributed by atoms with Crippen LogP contribution in [0.1, 0.15) is 40.7 Å². The molecule has 9 aromatic carbocycles. The van der Waals surface area contributed by atoms with Crippen molar-refractivity contribution in [2.24, 2.45) is 0 Å². The third-order valence-corrected chi connectivity index (χ3v) is 17.1. The lowest BCUT2D eigenvalue weighted by atomic mass is 9.90. The van der Waals surface area contributed by atoms with E-state index in [2.05, 4.69) is 245 Å². The van der Waals surface area contributed by atoms with Gasteiger partial charge in [0.1, 0.15) is 0 Å². The second-order valence-electron chi connectivity index (χ2n) is 19.7. The van der Waals surface area contributed by atoms with Crippen molar-refractivity contribution in [2.75, 3.05) is 47.3 Å². The van der Waals surface area contributed by atoms with Crippen LogP contribution in [0.2, 0.25) is 0 Å². The summed E-state index contributed by atoms with van der Waals surface area (Å²) in [5.41, 5.74) is 17.4. The monoisotopic (exact) mass is 898 g/mol. The minimum absolute atomic E-state index is 1.07. The lowest BCUT2D eigenvalue weighted by molar-refractivity contribution is 1.04. The Morgan fingerprint density at radius 2 is 0.833 bits per heavy atom. The van der Waals surface area contributed by atoms with Crippen LogP contribution >= 0.6 is 20.1 Å². The summed E-state index contributed by atoms with van der Waals surface area (Å²) in [6.45, 7) is 9.15. The zero-order valence-corrected chi connectivity index (χ0v) is 41.9. The van der Waals surface area contributed by atoms with Crippen LogP contribution in [0, 0.1) is 27.7 Å². The standard InChI is InChI=1S/C62H62N2S2/c1-41-23-17-19-31-53(41)63(55-33-21-29-47(43(55)3)45-25-13-11-14-26-45)57-39-59(65(5,6)7)51-38-36-50-58(40-60(66(8,9)10)52-37-35-49(57)61(51)62(50)52)64(54-32-20-18-24-42(54)2)56-34-22-30-48(44(56)4)46-27-15-12-16-28-46/h11,13-15,17-40H,12,16H2,1-10H3. The molecular weight excluding hydrogens is 837 g/mol. The van der Waals surface area contributed by atoms with Gasteiger partial charge in [0.15, 0.2) is 0 Å². The number of allylic oxidation sites excluding steroid dienone is 4. The molecular formula is C62H62N2S2. The van der Waals surface area contributed by atoms with Gasteiger partial charge >= 0.3 is 0 Å². The quantitative estimate of drug-likeness (QED) is 0.126. The molecule has 0 unspecified atom stereocenters. The Morgan fingerprint density at radius 1 is 0.394 bits per heavy atom. The predicted molar refractivity (Wildman–Crippen MR) is 298 cm³/mol. The highest BCUT2D eigenvalue weighted by Gasteiger charge is 2.30. The third kappa shape index (κ3) is 7.49. The number of benzene rings is 9. The third-order valence-electron chi connectivity index (χ3n) is 13.8. The highest BCUT2D eigenvalue weighted by atomic mass is 32.3. The lowest BCUT2D eigenvalue weighted by Crippen LogP contribution is -2.15. The molecule has 0 aromatic heterocycles. The molecule has 2 nitrogen and oxygen atoms in total.